The Balaban J connectivity index is 1.51. The first kappa shape index (κ1) is 22.8. The Kier molecular flexibility index (Phi) is 9.56. The molecule has 1 unspecified atom stereocenters. The number of hydrogen-bond donors (Lipinski definition) is 1. The van der Waals surface area contributed by atoms with Crippen LogP contribution in [0.15, 0.2) is 24.3 Å². The van der Waals surface area contributed by atoms with Crippen LogP contribution in [-0.2, 0) is 30.5 Å². The van der Waals surface area contributed by atoms with E-state index in [4.69, 9.17) is 9.47 Å². The molecule has 1 aromatic carbocycles. The van der Waals surface area contributed by atoms with Crippen LogP contribution in [0, 0.1) is 5.82 Å². The minimum atomic E-state index is -0.443. The van der Waals surface area contributed by atoms with Gasteiger partial charge in [0.2, 0.25) is 11.8 Å². The molecule has 7 nitrogen and oxygen atoms in total. The highest BCUT2D eigenvalue weighted by Crippen LogP contribution is 2.20. The Morgan fingerprint density at radius 3 is 2.66 bits per heavy atom. The van der Waals surface area contributed by atoms with E-state index < -0.39 is 6.04 Å². The number of hydrogen-bond acceptors (Lipinski definition) is 5. The van der Waals surface area contributed by atoms with Crippen LogP contribution in [-0.4, -0.2) is 55.5 Å². The molecule has 1 N–H and O–H groups in total. The monoisotopic (exact) mass is 408 g/mol. The highest BCUT2D eigenvalue weighted by molar-refractivity contribution is 5.85. The Morgan fingerprint density at radius 2 is 1.93 bits per heavy atom. The number of ether oxygens (including phenoxy) is 2. The van der Waals surface area contributed by atoms with E-state index in [1.54, 1.807) is 17.0 Å². The molecule has 0 aliphatic carbocycles. The zero-order valence-electron chi connectivity index (χ0n) is 16.8. The number of rotatable bonds is 11. The first-order valence-corrected chi connectivity index (χ1v) is 9.97. The summed E-state index contributed by atoms with van der Waals surface area (Å²) < 4.78 is 22.9. The lowest BCUT2D eigenvalue weighted by atomic mass is 10.1. The van der Waals surface area contributed by atoms with E-state index in [0.717, 1.165) is 24.8 Å². The van der Waals surface area contributed by atoms with Crippen molar-refractivity contribution < 1.29 is 28.2 Å². The molecule has 160 valence electrons. The van der Waals surface area contributed by atoms with Gasteiger partial charge in [0.25, 0.3) is 0 Å². The zero-order chi connectivity index (χ0) is 21.1. The number of likely N-dealkylation sites (tertiary alicyclic amines) is 1. The molecule has 1 heterocycles. The maximum absolute atomic E-state index is 12.8. The molecule has 1 atom stereocenters. The number of nitrogens with one attached hydrogen (secondary N) is 1. The summed E-state index contributed by atoms with van der Waals surface area (Å²) >= 11 is 0. The predicted octanol–water partition coefficient (Wildman–Crippen LogP) is 2.18. The quantitative estimate of drug-likeness (QED) is 0.448. The number of unbranched alkanes of at least 4 members (excludes halogenated alkanes) is 2. The molecule has 2 amide bonds. The van der Waals surface area contributed by atoms with Crippen LogP contribution in [0.25, 0.3) is 0 Å². The lowest BCUT2D eigenvalue weighted by molar-refractivity contribution is -0.151. The molecular weight excluding hydrogens is 379 g/mol. The fourth-order valence-electron chi connectivity index (χ4n) is 3.29. The van der Waals surface area contributed by atoms with Gasteiger partial charge in [0.05, 0.1) is 13.7 Å². The van der Waals surface area contributed by atoms with Crippen LogP contribution in [0.3, 0.4) is 0 Å². The molecule has 1 aliphatic heterocycles. The van der Waals surface area contributed by atoms with Gasteiger partial charge in [-0.25, -0.2) is 9.18 Å². The first-order chi connectivity index (χ1) is 14.0. The highest BCUT2D eigenvalue weighted by atomic mass is 19.1. The van der Waals surface area contributed by atoms with Gasteiger partial charge in [0.15, 0.2) is 0 Å². The predicted molar refractivity (Wildman–Crippen MR) is 104 cm³/mol. The second kappa shape index (κ2) is 12.2. The summed E-state index contributed by atoms with van der Waals surface area (Å²) in [5.74, 6) is -0.880. The van der Waals surface area contributed by atoms with Gasteiger partial charge in [-0.2, -0.15) is 0 Å². The van der Waals surface area contributed by atoms with E-state index in [9.17, 15) is 18.8 Å². The van der Waals surface area contributed by atoms with Crippen molar-refractivity contribution in [2.24, 2.45) is 0 Å². The fourth-order valence-corrected chi connectivity index (χ4v) is 3.29. The van der Waals surface area contributed by atoms with Gasteiger partial charge in [0, 0.05) is 19.5 Å². The van der Waals surface area contributed by atoms with Crippen LogP contribution >= 0.6 is 0 Å². The molecule has 1 fully saturated rings. The van der Waals surface area contributed by atoms with Crippen molar-refractivity contribution in [3.05, 3.63) is 35.6 Å². The fraction of sp³-hybridized carbons (Fsp3) is 0.571. The number of nitrogens with zero attached hydrogens (tertiary/aromatic N) is 1. The minimum Gasteiger partial charge on any atom is -0.467 e. The molecule has 1 aliphatic rings. The lowest BCUT2D eigenvalue weighted by Crippen LogP contribution is -2.41. The topological polar surface area (TPSA) is 84.9 Å². The van der Waals surface area contributed by atoms with E-state index in [-0.39, 0.29) is 36.8 Å². The summed E-state index contributed by atoms with van der Waals surface area (Å²) in [5.41, 5.74) is 0.802. The van der Waals surface area contributed by atoms with Gasteiger partial charge in [-0.05, 0) is 43.4 Å². The van der Waals surface area contributed by atoms with E-state index in [0.29, 0.717) is 32.4 Å². The van der Waals surface area contributed by atoms with Crippen LogP contribution in [0.1, 0.15) is 44.1 Å². The number of carbonyl (C=O) groups excluding carboxylic acids is 3. The Bertz CT molecular complexity index is 680. The standard InChI is InChI=1S/C21H29FN2O5/c1-28-21(27)18-6-5-13-24(18)20(26)7-3-2-4-12-23-19(25)15-29-14-16-8-10-17(22)11-9-16/h8-11,18H,2-7,12-15H2,1H3,(H,23,25). The minimum absolute atomic E-state index is 0.0175. The molecular formula is C21H29FN2O5. The number of carbonyl (C=O) groups is 3. The number of halogens is 1. The number of esters is 1. The third-order valence-electron chi connectivity index (χ3n) is 4.85. The first-order valence-electron chi connectivity index (χ1n) is 9.97. The van der Waals surface area contributed by atoms with Crippen molar-refractivity contribution in [2.45, 2.75) is 51.2 Å². The van der Waals surface area contributed by atoms with Crippen molar-refractivity contribution in [3.63, 3.8) is 0 Å². The van der Waals surface area contributed by atoms with Crippen molar-refractivity contribution in [1.29, 1.82) is 0 Å². The summed E-state index contributed by atoms with van der Waals surface area (Å²) in [6.45, 7) is 1.31. The summed E-state index contributed by atoms with van der Waals surface area (Å²) in [6, 6.07) is 5.49. The van der Waals surface area contributed by atoms with Gasteiger partial charge in [-0.15, -0.1) is 0 Å². The van der Waals surface area contributed by atoms with E-state index in [1.807, 2.05) is 0 Å². The van der Waals surface area contributed by atoms with E-state index in [2.05, 4.69) is 5.32 Å². The lowest BCUT2D eigenvalue weighted by Gasteiger charge is -2.22. The van der Waals surface area contributed by atoms with Gasteiger partial charge in [0.1, 0.15) is 18.5 Å². The van der Waals surface area contributed by atoms with Gasteiger partial charge in [-0.3, -0.25) is 9.59 Å². The average molecular weight is 408 g/mol. The third kappa shape index (κ3) is 7.81. The number of methoxy groups -OCH3 is 1. The number of amides is 2. The third-order valence-corrected chi connectivity index (χ3v) is 4.85. The van der Waals surface area contributed by atoms with Crippen LogP contribution < -0.4 is 5.32 Å². The van der Waals surface area contributed by atoms with E-state index in [1.165, 1.54) is 19.2 Å². The Labute approximate surface area is 170 Å². The molecule has 0 spiro atoms. The van der Waals surface area contributed by atoms with Gasteiger partial charge < -0.3 is 19.7 Å². The van der Waals surface area contributed by atoms with Gasteiger partial charge >= 0.3 is 5.97 Å². The summed E-state index contributed by atoms with van der Waals surface area (Å²) in [5, 5.41) is 2.77. The van der Waals surface area contributed by atoms with Crippen molar-refractivity contribution in [2.75, 3.05) is 26.8 Å². The van der Waals surface area contributed by atoms with Gasteiger partial charge in [-0.1, -0.05) is 18.6 Å². The van der Waals surface area contributed by atoms with Crippen molar-refractivity contribution in [1.82, 2.24) is 10.2 Å². The van der Waals surface area contributed by atoms with Crippen LogP contribution in [0.2, 0.25) is 0 Å². The molecule has 29 heavy (non-hydrogen) atoms. The van der Waals surface area contributed by atoms with Crippen molar-refractivity contribution >= 4 is 17.8 Å². The highest BCUT2D eigenvalue weighted by Gasteiger charge is 2.34. The molecule has 8 heteroatoms. The largest absolute Gasteiger partial charge is 0.467 e. The summed E-state index contributed by atoms with van der Waals surface area (Å²) in [4.78, 5) is 37.3. The molecule has 0 aromatic heterocycles. The average Bonchev–Trinajstić information content (AvgIpc) is 3.21. The second-order valence-electron chi connectivity index (χ2n) is 7.05. The summed E-state index contributed by atoms with van der Waals surface area (Å²) in [6.07, 6.45) is 4.15. The second-order valence-corrected chi connectivity index (χ2v) is 7.05. The van der Waals surface area contributed by atoms with E-state index >= 15 is 0 Å². The zero-order valence-corrected chi connectivity index (χ0v) is 16.8. The molecule has 0 saturated carbocycles. The normalized spacial score (nSPS) is 15.9. The molecule has 2 rings (SSSR count). The molecule has 0 radical (unpaired) electrons. The SMILES string of the molecule is COC(=O)C1CCCN1C(=O)CCCCCNC(=O)COCc1ccc(F)cc1. The van der Waals surface area contributed by atoms with Crippen molar-refractivity contribution in [3.8, 4) is 0 Å². The Hall–Kier alpha value is -2.48. The molecule has 1 saturated heterocycles. The van der Waals surface area contributed by atoms with Crippen LogP contribution in [0.5, 0.6) is 0 Å². The Morgan fingerprint density at radius 1 is 1.17 bits per heavy atom. The maximum Gasteiger partial charge on any atom is 0.328 e. The molecule has 0 bridgehead atoms. The summed E-state index contributed by atoms with van der Waals surface area (Å²) in [7, 11) is 1.34. The smallest absolute Gasteiger partial charge is 0.328 e. The maximum atomic E-state index is 12.8. The molecule has 1 aromatic rings. The van der Waals surface area contributed by atoms with Crippen LogP contribution in [0.4, 0.5) is 4.39 Å². The number of benzene rings is 1.